The molecule has 0 aliphatic rings. The molecule has 0 heterocycles. The van der Waals surface area contributed by atoms with Crippen molar-refractivity contribution in [3.63, 3.8) is 0 Å². The van der Waals surface area contributed by atoms with Gasteiger partial charge in [-0.1, -0.05) is 48.0 Å². The van der Waals surface area contributed by atoms with Gasteiger partial charge in [-0.2, -0.15) is 0 Å². The first-order valence-electron chi connectivity index (χ1n) is 5.90. The van der Waals surface area contributed by atoms with Crippen molar-refractivity contribution in [2.75, 3.05) is 6.54 Å². The number of quaternary nitrogens is 1. The summed E-state index contributed by atoms with van der Waals surface area (Å²) >= 11 is 6.10. The maximum absolute atomic E-state index is 12.6. The minimum atomic E-state index is -3.47. The summed E-state index contributed by atoms with van der Waals surface area (Å²) in [6, 6.07) is 15.4. The molecule has 0 aliphatic carbocycles. The SMILES string of the molecule is [NH3+]C[C@H](c1ccccc1Cl)S(=O)(=O)c1ccccc1. The predicted octanol–water partition coefficient (Wildman–Crippen LogP) is 2.10. The first-order chi connectivity index (χ1) is 9.07. The third-order valence-electron chi connectivity index (χ3n) is 2.96. The van der Waals surface area contributed by atoms with Crippen LogP contribution >= 0.6 is 11.6 Å². The van der Waals surface area contributed by atoms with Crippen LogP contribution in [-0.4, -0.2) is 15.0 Å². The van der Waals surface area contributed by atoms with Gasteiger partial charge < -0.3 is 5.73 Å². The van der Waals surface area contributed by atoms with E-state index < -0.39 is 15.1 Å². The number of hydrogen-bond acceptors (Lipinski definition) is 2. The van der Waals surface area contributed by atoms with Crippen molar-refractivity contribution in [3.05, 3.63) is 65.2 Å². The quantitative estimate of drug-likeness (QED) is 0.939. The van der Waals surface area contributed by atoms with Gasteiger partial charge in [0.25, 0.3) is 0 Å². The highest BCUT2D eigenvalue weighted by atomic mass is 35.5. The zero-order chi connectivity index (χ0) is 13.9. The Balaban J connectivity index is 2.52. The molecule has 5 heteroatoms. The maximum atomic E-state index is 12.6. The summed E-state index contributed by atoms with van der Waals surface area (Å²) in [5, 5.41) is -0.265. The fourth-order valence-electron chi connectivity index (χ4n) is 1.99. The van der Waals surface area contributed by atoms with Crippen LogP contribution in [0.4, 0.5) is 0 Å². The van der Waals surface area contributed by atoms with Gasteiger partial charge in [0.15, 0.2) is 9.84 Å². The van der Waals surface area contributed by atoms with E-state index in [-0.39, 0.29) is 6.54 Å². The Morgan fingerprint density at radius 1 is 1.00 bits per heavy atom. The second-order valence-corrected chi connectivity index (χ2v) is 6.69. The van der Waals surface area contributed by atoms with Crippen LogP contribution in [0.1, 0.15) is 10.8 Å². The molecule has 0 fully saturated rings. The van der Waals surface area contributed by atoms with Crippen molar-refractivity contribution < 1.29 is 14.2 Å². The largest absolute Gasteiger partial charge is 0.356 e. The molecule has 3 N–H and O–H groups in total. The van der Waals surface area contributed by atoms with Crippen LogP contribution in [0.5, 0.6) is 0 Å². The lowest BCUT2D eigenvalue weighted by atomic mass is 10.1. The maximum Gasteiger partial charge on any atom is 0.190 e. The van der Waals surface area contributed by atoms with Gasteiger partial charge in [-0.05, 0) is 23.8 Å². The molecular weight excluding hydrogens is 282 g/mol. The van der Waals surface area contributed by atoms with E-state index in [4.69, 9.17) is 11.6 Å². The molecule has 3 nitrogen and oxygen atoms in total. The standard InChI is InChI=1S/C14H14ClNO2S/c15-13-9-5-4-8-12(13)14(10-16)19(17,18)11-6-2-1-3-7-11/h1-9,14H,10,16H2/p+1/t14-/m1/s1. The normalized spacial score (nSPS) is 13.2. The first kappa shape index (κ1) is 14.1. The van der Waals surface area contributed by atoms with Crippen LogP contribution in [-0.2, 0) is 9.84 Å². The molecule has 19 heavy (non-hydrogen) atoms. The van der Waals surface area contributed by atoms with Gasteiger partial charge in [-0.25, -0.2) is 8.42 Å². The molecule has 0 spiro atoms. The smallest absolute Gasteiger partial charge is 0.190 e. The van der Waals surface area contributed by atoms with Gasteiger partial charge in [0.2, 0.25) is 0 Å². The number of hydrogen-bond donors (Lipinski definition) is 1. The second kappa shape index (κ2) is 5.74. The average Bonchev–Trinajstić information content (AvgIpc) is 2.42. The first-order valence-corrected chi connectivity index (χ1v) is 7.82. The van der Waals surface area contributed by atoms with Gasteiger partial charge >= 0.3 is 0 Å². The van der Waals surface area contributed by atoms with E-state index in [9.17, 15) is 8.42 Å². The molecule has 0 saturated carbocycles. The molecule has 2 aromatic carbocycles. The summed E-state index contributed by atoms with van der Waals surface area (Å²) in [4.78, 5) is 0.295. The number of halogens is 1. The number of rotatable bonds is 4. The summed E-state index contributed by atoms with van der Waals surface area (Å²) in [6.45, 7) is 0.237. The lowest BCUT2D eigenvalue weighted by molar-refractivity contribution is -0.367. The lowest BCUT2D eigenvalue weighted by Gasteiger charge is -2.16. The van der Waals surface area contributed by atoms with Crippen LogP contribution in [0, 0.1) is 0 Å². The van der Waals surface area contributed by atoms with Crippen molar-refractivity contribution in [2.24, 2.45) is 0 Å². The fourth-order valence-corrected chi connectivity index (χ4v) is 4.04. The Morgan fingerprint density at radius 3 is 2.16 bits per heavy atom. The highest BCUT2D eigenvalue weighted by Crippen LogP contribution is 2.31. The fraction of sp³-hybridized carbons (Fsp3) is 0.143. The van der Waals surface area contributed by atoms with Crippen molar-refractivity contribution in [1.29, 1.82) is 0 Å². The number of sulfone groups is 1. The molecule has 0 aliphatic heterocycles. The molecule has 0 aromatic heterocycles. The van der Waals surface area contributed by atoms with Gasteiger partial charge in [0.05, 0.1) is 11.4 Å². The van der Waals surface area contributed by atoms with E-state index in [0.29, 0.717) is 15.5 Å². The highest BCUT2D eigenvalue weighted by Gasteiger charge is 2.30. The Kier molecular flexibility index (Phi) is 4.24. The second-order valence-electron chi connectivity index (χ2n) is 4.16. The molecule has 0 bridgehead atoms. The Bertz CT molecular complexity index is 656. The van der Waals surface area contributed by atoms with E-state index in [0.717, 1.165) is 0 Å². The minimum Gasteiger partial charge on any atom is -0.356 e. The molecule has 0 unspecified atom stereocenters. The third kappa shape index (κ3) is 2.81. The van der Waals surface area contributed by atoms with E-state index in [1.54, 1.807) is 54.6 Å². The van der Waals surface area contributed by atoms with Gasteiger partial charge in [0.1, 0.15) is 5.25 Å². The summed E-state index contributed by atoms with van der Waals surface area (Å²) in [5.41, 5.74) is 4.36. The van der Waals surface area contributed by atoms with E-state index in [1.807, 2.05) is 0 Å². The Labute approximate surface area is 117 Å². The van der Waals surface area contributed by atoms with Crippen molar-refractivity contribution in [2.45, 2.75) is 10.1 Å². The Morgan fingerprint density at radius 2 is 1.58 bits per heavy atom. The van der Waals surface area contributed by atoms with Crippen LogP contribution in [0.25, 0.3) is 0 Å². The van der Waals surface area contributed by atoms with Crippen molar-refractivity contribution >= 4 is 21.4 Å². The predicted molar refractivity (Wildman–Crippen MR) is 75.6 cm³/mol. The minimum absolute atomic E-state index is 0.237. The van der Waals surface area contributed by atoms with Gasteiger partial charge in [-0.15, -0.1) is 0 Å². The monoisotopic (exact) mass is 296 g/mol. The average molecular weight is 297 g/mol. The molecule has 1 atom stereocenters. The van der Waals surface area contributed by atoms with Crippen LogP contribution in [0.15, 0.2) is 59.5 Å². The number of benzene rings is 2. The highest BCUT2D eigenvalue weighted by molar-refractivity contribution is 7.91. The summed E-state index contributed by atoms with van der Waals surface area (Å²) in [7, 11) is -3.47. The molecular formula is C14H15ClNO2S+. The van der Waals surface area contributed by atoms with Gasteiger partial charge in [0, 0.05) is 5.02 Å². The van der Waals surface area contributed by atoms with Crippen molar-refractivity contribution in [1.82, 2.24) is 0 Å². The lowest BCUT2D eigenvalue weighted by Crippen LogP contribution is -2.54. The van der Waals surface area contributed by atoms with Gasteiger partial charge in [-0.3, -0.25) is 0 Å². The van der Waals surface area contributed by atoms with Crippen LogP contribution in [0.2, 0.25) is 5.02 Å². The van der Waals surface area contributed by atoms with Crippen molar-refractivity contribution in [3.8, 4) is 0 Å². The summed E-state index contributed by atoms with van der Waals surface area (Å²) in [6.07, 6.45) is 0. The molecule has 100 valence electrons. The van der Waals surface area contributed by atoms with E-state index in [2.05, 4.69) is 5.73 Å². The van der Waals surface area contributed by atoms with Crippen LogP contribution < -0.4 is 5.73 Å². The molecule has 0 amide bonds. The zero-order valence-electron chi connectivity index (χ0n) is 10.3. The summed E-state index contributed by atoms with van der Waals surface area (Å²) < 4.78 is 25.2. The van der Waals surface area contributed by atoms with E-state index >= 15 is 0 Å². The molecule has 0 saturated heterocycles. The third-order valence-corrected chi connectivity index (χ3v) is 5.47. The molecule has 0 radical (unpaired) electrons. The summed E-state index contributed by atoms with van der Waals surface area (Å²) in [5.74, 6) is 0. The topological polar surface area (TPSA) is 61.8 Å². The zero-order valence-corrected chi connectivity index (χ0v) is 11.9. The Hall–Kier alpha value is -1.36. The molecule has 2 rings (SSSR count). The van der Waals surface area contributed by atoms with Crippen LogP contribution in [0.3, 0.4) is 0 Å². The molecule has 2 aromatic rings. The van der Waals surface area contributed by atoms with E-state index in [1.165, 1.54) is 0 Å².